The molecule has 12 heteroatoms. The van der Waals surface area contributed by atoms with Gasteiger partial charge in [-0.25, -0.2) is 17.8 Å². The van der Waals surface area contributed by atoms with Crippen molar-refractivity contribution in [1.82, 2.24) is 15.7 Å². The summed E-state index contributed by atoms with van der Waals surface area (Å²) in [6, 6.07) is 20.9. The third kappa shape index (κ3) is 11.0. The predicted octanol–water partition coefficient (Wildman–Crippen LogP) is 6.59. The SMILES string of the molecule is COCCN1C[C@@H](CNC(=O)N/C(C)=C(\C)C(=NCCCc2ccccc2)c2ccc(N=S(C)(C)=O)cc2)[C@H](c2ccc(F)c(F)c2)O1. The number of hydrogen-bond donors (Lipinski definition) is 2. The van der Waals surface area contributed by atoms with Crippen molar-refractivity contribution in [3.8, 4) is 0 Å². The Bertz CT molecular complexity index is 1720. The Hall–Kier alpha value is -3.97. The average molecular weight is 682 g/mol. The number of aliphatic imine (C=N–C) groups is 1. The number of methoxy groups -OCH3 is 1. The van der Waals surface area contributed by atoms with Crippen LogP contribution in [0.15, 0.2) is 93.4 Å². The van der Waals surface area contributed by atoms with Gasteiger partial charge in [-0.15, -0.1) is 0 Å². The Kier molecular flexibility index (Phi) is 13.4. The first-order valence-electron chi connectivity index (χ1n) is 15.9. The average Bonchev–Trinajstić information content (AvgIpc) is 3.47. The molecular formula is C36H45F2N5O4S. The number of aryl methyl sites for hydroxylation is 1. The molecule has 1 aliphatic rings. The number of nitrogens with one attached hydrogen (secondary N) is 2. The highest BCUT2D eigenvalue weighted by atomic mass is 32.2. The van der Waals surface area contributed by atoms with E-state index in [0.29, 0.717) is 43.2 Å². The normalized spacial score (nSPS) is 17.6. The highest BCUT2D eigenvalue weighted by molar-refractivity contribution is 7.92. The minimum atomic E-state index is -2.31. The highest BCUT2D eigenvalue weighted by Crippen LogP contribution is 2.34. The van der Waals surface area contributed by atoms with Crippen molar-refractivity contribution in [3.05, 3.63) is 112 Å². The fraction of sp³-hybridized carbons (Fsp3) is 0.389. The van der Waals surface area contributed by atoms with Crippen LogP contribution >= 0.6 is 0 Å². The summed E-state index contributed by atoms with van der Waals surface area (Å²) in [6.45, 7) is 5.92. The monoisotopic (exact) mass is 681 g/mol. The van der Waals surface area contributed by atoms with E-state index in [0.717, 1.165) is 41.8 Å². The molecular weight excluding hydrogens is 636 g/mol. The first kappa shape index (κ1) is 36.9. The van der Waals surface area contributed by atoms with E-state index in [-0.39, 0.29) is 12.5 Å². The molecule has 0 bridgehead atoms. The maximum Gasteiger partial charge on any atom is 0.318 e. The minimum absolute atomic E-state index is 0.227. The van der Waals surface area contributed by atoms with E-state index >= 15 is 0 Å². The molecule has 3 aromatic carbocycles. The van der Waals surface area contributed by atoms with Crippen molar-refractivity contribution in [2.24, 2.45) is 15.3 Å². The Morgan fingerprint density at radius 2 is 1.77 bits per heavy atom. The zero-order chi connectivity index (χ0) is 34.7. The van der Waals surface area contributed by atoms with Gasteiger partial charge in [0.15, 0.2) is 11.6 Å². The van der Waals surface area contributed by atoms with Gasteiger partial charge in [-0.3, -0.25) is 9.83 Å². The zero-order valence-electron chi connectivity index (χ0n) is 28.2. The van der Waals surface area contributed by atoms with Gasteiger partial charge in [0, 0.05) is 72.7 Å². The first-order chi connectivity index (χ1) is 22.9. The predicted molar refractivity (Wildman–Crippen MR) is 187 cm³/mol. The quantitative estimate of drug-likeness (QED) is 0.148. The lowest BCUT2D eigenvalue weighted by molar-refractivity contribution is -0.155. The summed E-state index contributed by atoms with van der Waals surface area (Å²) in [5.74, 6) is -2.12. The van der Waals surface area contributed by atoms with Crippen LogP contribution in [0, 0.1) is 17.6 Å². The number of ether oxygens (including phenoxy) is 1. The maximum atomic E-state index is 14.1. The first-order valence-corrected chi connectivity index (χ1v) is 18.2. The van der Waals surface area contributed by atoms with Crippen LogP contribution in [-0.4, -0.2) is 73.4 Å². The van der Waals surface area contributed by atoms with E-state index < -0.39 is 33.5 Å². The van der Waals surface area contributed by atoms with Gasteiger partial charge in [0.1, 0.15) is 6.10 Å². The number of benzene rings is 3. The van der Waals surface area contributed by atoms with Crippen LogP contribution in [0.1, 0.15) is 43.1 Å². The van der Waals surface area contributed by atoms with Crippen molar-refractivity contribution in [2.45, 2.75) is 32.8 Å². The molecule has 0 saturated carbocycles. The standard InChI is InChI=1S/C36H45F2N5O4S/c1-25(34(39-19-9-12-27-10-7-6-8-11-27)28-13-16-31(17-14-28)42-48(4,5)45)26(2)41-36(44)40-23-30-24-43(20-21-46-3)47-35(30)29-15-18-32(37)33(38)22-29/h6-8,10-11,13-18,22,30,35H,9,12,19-21,23-24H2,1-5H3,(H2,40,41,44)/b26-25+,39-34?/t30-,35+/m1/s1. The molecule has 1 heterocycles. The summed E-state index contributed by atoms with van der Waals surface area (Å²) in [4.78, 5) is 24.1. The van der Waals surface area contributed by atoms with Crippen molar-refractivity contribution < 1.29 is 27.4 Å². The van der Waals surface area contributed by atoms with Gasteiger partial charge < -0.3 is 15.4 Å². The van der Waals surface area contributed by atoms with Crippen LogP contribution in [0.3, 0.4) is 0 Å². The Morgan fingerprint density at radius 3 is 2.44 bits per heavy atom. The molecule has 0 unspecified atom stereocenters. The van der Waals surface area contributed by atoms with Gasteiger partial charge in [-0.1, -0.05) is 48.5 Å². The molecule has 0 aliphatic carbocycles. The lowest BCUT2D eigenvalue weighted by atomic mass is 9.96. The van der Waals surface area contributed by atoms with Gasteiger partial charge in [0.25, 0.3) is 0 Å². The van der Waals surface area contributed by atoms with Gasteiger partial charge in [-0.2, -0.15) is 9.43 Å². The number of urea groups is 1. The smallest absolute Gasteiger partial charge is 0.318 e. The number of rotatable bonds is 14. The number of carbonyl (C=O) groups excluding carboxylic acids is 1. The third-order valence-electron chi connectivity index (χ3n) is 7.89. The van der Waals surface area contributed by atoms with Crippen LogP contribution in [0.2, 0.25) is 0 Å². The summed E-state index contributed by atoms with van der Waals surface area (Å²) < 4.78 is 49.3. The lowest BCUT2D eigenvalue weighted by Crippen LogP contribution is -2.39. The summed E-state index contributed by atoms with van der Waals surface area (Å²) in [5, 5.41) is 7.57. The van der Waals surface area contributed by atoms with E-state index in [1.165, 1.54) is 11.6 Å². The van der Waals surface area contributed by atoms with Gasteiger partial charge >= 0.3 is 6.03 Å². The Balaban J connectivity index is 1.48. The second-order valence-corrected chi connectivity index (χ2v) is 14.6. The molecule has 258 valence electrons. The van der Waals surface area contributed by atoms with Crippen LogP contribution in [0.25, 0.3) is 0 Å². The molecule has 4 rings (SSSR count). The van der Waals surface area contributed by atoms with Crippen molar-refractivity contribution >= 4 is 27.2 Å². The zero-order valence-corrected chi connectivity index (χ0v) is 29.0. The summed E-state index contributed by atoms with van der Waals surface area (Å²) in [5.41, 5.74) is 5.34. The summed E-state index contributed by atoms with van der Waals surface area (Å²) >= 11 is 0. The second kappa shape index (κ2) is 17.4. The summed E-state index contributed by atoms with van der Waals surface area (Å²) in [7, 11) is -0.717. The number of hydrogen-bond acceptors (Lipinski definition) is 7. The van der Waals surface area contributed by atoms with Gasteiger partial charge in [-0.05, 0) is 67.7 Å². The molecule has 0 spiro atoms. The van der Waals surface area contributed by atoms with Crippen LogP contribution in [-0.2, 0) is 25.7 Å². The molecule has 0 aromatic heterocycles. The molecule has 1 saturated heterocycles. The largest absolute Gasteiger partial charge is 0.383 e. The number of allylic oxidation sites excluding steroid dienone is 2. The van der Waals surface area contributed by atoms with Crippen LogP contribution < -0.4 is 10.6 Å². The molecule has 2 amide bonds. The number of hydroxylamine groups is 2. The molecule has 0 radical (unpaired) electrons. The van der Waals surface area contributed by atoms with Gasteiger partial charge in [0.2, 0.25) is 0 Å². The third-order valence-corrected chi connectivity index (χ3v) is 8.54. The molecule has 2 atom stereocenters. The summed E-state index contributed by atoms with van der Waals surface area (Å²) in [6.07, 6.45) is 4.34. The topological polar surface area (TPSA) is 105 Å². The van der Waals surface area contributed by atoms with Crippen LogP contribution in [0.5, 0.6) is 0 Å². The van der Waals surface area contributed by atoms with Crippen LogP contribution in [0.4, 0.5) is 19.3 Å². The van der Waals surface area contributed by atoms with E-state index in [9.17, 15) is 17.8 Å². The maximum absolute atomic E-state index is 14.1. The molecule has 3 aromatic rings. The second-order valence-electron chi connectivity index (χ2n) is 12.1. The van der Waals surface area contributed by atoms with E-state index in [1.807, 2.05) is 56.3 Å². The molecule has 1 fully saturated rings. The number of carbonyl (C=O) groups is 1. The van der Waals surface area contributed by atoms with Crippen molar-refractivity contribution in [1.29, 1.82) is 0 Å². The molecule has 1 aliphatic heterocycles. The fourth-order valence-corrected chi connectivity index (χ4v) is 6.00. The number of halogens is 2. The number of nitrogens with zero attached hydrogens (tertiary/aromatic N) is 3. The Labute approximate surface area is 282 Å². The number of amides is 2. The fourth-order valence-electron chi connectivity index (χ4n) is 5.37. The lowest BCUT2D eigenvalue weighted by Gasteiger charge is -2.19. The Morgan fingerprint density at radius 1 is 1.04 bits per heavy atom. The minimum Gasteiger partial charge on any atom is -0.383 e. The van der Waals surface area contributed by atoms with E-state index in [4.69, 9.17) is 14.6 Å². The van der Waals surface area contributed by atoms with Crippen molar-refractivity contribution in [3.63, 3.8) is 0 Å². The molecule has 2 N–H and O–H groups in total. The van der Waals surface area contributed by atoms with E-state index in [1.54, 1.807) is 24.7 Å². The van der Waals surface area contributed by atoms with E-state index in [2.05, 4.69) is 27.1 Å². The van der Waals surface area contributed by atoms with Crippen molar-refractivity contribution in [2.75, 3.05) is 52.4 Å². The molecule has 48 heavy (non-hydrogen) atoms. The highest BCUT2D eigenvalue weighted by Gasteiger charge is 2.36. The molecule has 9 nitrogen and oxygen atoms in total. The van der Waals surface area contributed by atoms with Gasteiger partial charge in [0.05, 0.1) is 18.0 Å².